The number of nitrogens with one attached hydrogen (secondary N) is 2. The van der Waals surface area contributed by atoms with Gasteiger partial charge in [-0.3, -0.25) is 9.59 Å². The van der Waals surface area contributed by atoms with E-state index in [1.54, 1.807) is 0 Å². The maximum absolute atomic E-state index is 12.6. The predicted molar refractivity (Wildman–Crippen MR) is 102 cm³/mol. The van der Waals surface area contributed by atoms with Crippen LogP contribution in [0.3, 0.4) is 0 Å². The lowest BCUT2D eigenvalue weighted by Crippen LogP contribution is -2.32. The number of benzene rings is 2. The van der Waals surface area contributed by atoms with E-state index in [9.17, 15) is 9.59 Å². The Bertz CT molecular complexity index is 785. The van der Waals surface area contributed by atoms with Gasteiger partial charge in [0.25, 0.3) is 5.91 Å². The van der Waals surface area contributed by atoms with Crippen molar-refractivity contribution in [2.24, 2.45) is 5.92 Å². The summed E-state index contributed by atoms with van der Waals surface area (Å²) < 4.78 is 5.79. The second kappa shape index (κ2) is 8.04. The summed E-state index contributed by atoms with van der Waals surface area (Å²) in [4.78, 5) is 24.6. The lowest BCUT2D eigenvalue weighted by molar-refractivity contribution is -0.122. The number of ether oxygens (including phenoxy) is 1. The highest BCUT2D eigenvalue weighted by Crippen LogP contribution is 2.31. The minimum absolute atomic E-state index is 0.0513. The number of hydrogen-bond donors (Lipinski definition) is 2. The third kappa shape index (κ3) is 4.42. The minimum atomic E-state index is -0.582. The Hall–Kier alpha value is -2.82. The van der Waals surface area contributed by atoms with E-state index in [2.05, 4.69) is 10.6 Å². The monoisotopic (exact) mass is 352 g/mol. The Balaban J connectivity index is 1.68. The Labute approximate surface area is 153 Å². The molecule has 0 spiro atoms. The van der Waals surface area contributed by atoms with Crippen LogP contribution in [0.1, 0.15) is 31.7 Å². The first kappa shape index (κ1) is 18.0. The molecule has 0 bridgehead atoms. The molecule has 2 N–H and O–H groups in total. The van der Waals surface area contributed by atoms with Crippen molar-refractivity contribution in [1.29, 1.82) is 0 Å². The molecule has 0 saturated heterocycles. The fourth-order valence-electron chi connectivity index (χ4n) is 2.69. The van der Waals surface area contributed by atoms with Gasteiger partial charge >= 0.3 is 0 Å². The topological polar surface area (TPSA) is 67.4 Å². The van der Waals surface area contributed by atoms with Gasteiger partial charge in [0.2, 0.25) is 5.91 Å². The van der Waals surface area contributed by atoms with Crippen molar-refractivity contribution in [3.05, 3.63) is 54.1 Å². The lowest BCUT2D eigenvalue weighted by Gasteiger charge is -2.19. The van der Waals surface area contributed by atoms with Crippen LogP contribution in [-0.4, -0.2) is 17.9 Å². The first-order chi connectivity index (χ1) is 12.6. The number of anilines is 2. The Kier molecular flexibility index (Phi) is 5.56. The van der Waals surface area contributed by atoms with Gasteiger partial charge in [0.1, 0.15) is 5.75 Å². The van der Waals surface area contributed by atoms with Crippen molar-refractivity contribution < 1.29 is 14.3 Å². The minimum Gasteiger partial charge on any atom is -0.481 e. The molecule has 1 aliphatic rings. The molecule has 1 fully saturated rings. The molecule has 26 heavy (non-hydrogen) atoms. The van der Waals surface area contributed by atoms with Crippen molar-refractivity contribution in [3.63, 3.8) is 0 Å². The van der Waals surface area contributed by atoms with Gasteiger partial charge in [-0.2, -0.15) is 0 Å². The van der Waals surface area contributed by atoms with Crippen molar-refractivity contribution >= 4 is 23.2 Å². The summed E-state index contributed by atoms with van der Waals surface area (Å²) >= 11 is 0. The summed E-state index contributed by atoms with van der Waals surface area (Å²) in [5.74, 6) is 0.647. The highest BCUT2D eigenvalue weighted by atomic mass is 16.5. The van der Waals surface area contributed by atoms with Crippen molar-refractivity contribution in [2.45, 2.75) is 39.2 Å². The van der Waals surface area contributed by atoms with Gasteiger partial charge in [-0.1, -0.05) is 31.2 Å². The number of para-hydroxylation sites is 1. The van der Waals surface area contributed by atoms with E-state index in [0.717, 1.165) is 24.1 Å². The first-order valence-corrected chi connectivity index (χ1v) is 9.01. The first-order valence-electron chi connectivity index (χ1n) is 9.01. The Morgan fingerprint density at radius 2 is 1.69 bits per heavy atom. The molecule has 0 heterocycles. The zero-order valence-corrected chi connectivity index (χ0v) is 15.1. The van der Waals surface area contributed by atoms with Crippen LogP contribution in [0.2, 0.25) is 0 Å². The largest absolute Gasteiger partial charge is 0.481 e. The third-order valence-corrected chi connectivity index (χ3v) is 4.48. The SMILES string of the molecule is CCC(Oc1ccccc1)C(=O)Nc1cccc(NC(=O)C2CC2)c1C. The molecule has 0 aromatic heterocycles. The van der Waals surface area contributed by atoms with E-state index < -0.39 is 6.10 Å². The average Bonchev–Trinajstić information content (AvgIpc) is 3.49. The quantitative estimate of drug-likeness (QED) is 0.787. The van der Waals surface area contributed by atoms with Crippen LogP contribution < -0.4 is 15.4 Å². The number of carbonyl (C=O) groups excluding carboxylic acids is 2. The van der Waals surface area contributed by atoms with E-state index in [1.807, 2.05) is 62.4 Å². The van der Waals surface area contributed by atoms with Gasteiger partial charge in [0.05, 0.1) is 0 Å². The predicted octanol–water partition coefficient (Wildman–Crippen LogP) is 4.14. The van der Waals surface area contributed by atoms with E-state index in [0.29, 0.717) is 17.9 Å². The summed E-state index contributed by atoms with van der Waals surface area (Å²) in [7, 11) is 0. The van der Waals surface area contributed by atoms with E-state index in [4.69, 9.17) is 4.74 Å². The molecule has 3 rings (SSSR count). The smallest absolute Gasteiger partial charge is 0.265 e. The average molecular weight is 352 g/mol. The zero-order chi connectivity index (χ0) is 18.5. The molecule has 1 aliphatic carbocycles. The summed E-state index contributed by atoms with van der Waals surface area (Å²) in [6.07, 6.45) is 1.88. The molecule has 2 aromatic carbocycles. The number of rotatable bonds is 7. The summed E-state index contributed by atoms with van der Waals surface area (Å²) in [6, 6.07) is 14.8. The molecule has 0 radical (unpaired) electrons. The fraction of sp³-hybridized carbons (Fsp3) is 0.333. The number of amides is 2. The van der Waals surface area contributed by atoms with Crippen molar-refractivity contribution in [3.8, 4) is 5.75 Å². The van der Waals surface area contributed by atoms with E-state index in [1.165, 1.54) is 0 Å². The van der Waals surface area contributed by atoms with E-state index >= 15 is 0 Å². The van der Waals surface area contributed by atoms with Crippen molar-refractivity contribution in [1.82, 2.24) is 0 Å². The van der Waals surface area contributed by atoms with E-state index in [-0.39, 0.29) is 17.7 Å². The molecular weight excluding hydrogens is 328 g/mol. The zero-order valence-electron chi connectivity index (χ0n) is 15.1. The van der Waals surface area contributed by atoms with Crippen LogP contribution in [0.4, 0.5) is 11.4 Å². The molecule has 1 atom stereocenters. The van der Waals surface area contributed by atoms with Crippen molar-refractivity contribution in [2.75, 3.05) is 10.6 Å². The Morgan fingerprint density at radius 1 is 1.04 bits per heavy atom. The second-order valence-electron chi connectivity index (χ2n) is 6.56. The van der Waals surface area contributed by atoms with Gasteiger partial charge in [-0.25, -0.2) is 0 Å². The van der Waals surface area contributed by atoms with Crippen LogP contribution in [0.15, 0.2) is 48.5 Å². The number of hydrogen-bond acceptors (Lipinski definition) is 3. The molecule has 5 nitrogen and oxygen atoms in total. The summed E-state index contributed by atoms with van der Waals surface area (Å²) in [6.45, 7) is 3.80. The third-order valence-electron chi connectivity index (χ3n) is 4.48. The maximum Gasteiger partial charge on any atom is 0.265 e. The van der Waals surface area contributed by atoms with Gasteiger partial charge in [0.15, 0.2) is 6.10 Å². The highest BCUT2D eigenvalue weighted by molar-refractivity contribution is 5.98. The summed E-state index contributed by atoms with van der Waals surface area (Å²) in [5.41, 5.74) is 2.25. The van der Waals surface area contributed by atoms with Crippen LogP contribution in [0.5, 0.6) is 5.75 Å². The lowest BCUT2D eigenvalue weighted by atomic mass is 10.1. The number of carbonyl (C=O) groups is 2. The molecular formula is C21H24N2O3. The van der Waals surface area contributed by atoms with Crippen LogP contribution in [0, 0.1) is 12.8 Å². The second-order valence-corrected chi connectivity index (χ2v) is 6.56. The van der Waals surface area contributed by atoms with Gasteiger partial charge in [-0.15, -0.1) is 0 Å². The summed E-state index contributed by atoms with van der Waals surface area (Å²) in [5, 5.41) is 5.87. The van der Waals surface area contributed by atoms with Gasteiger partial charge in [0, 0.05) is 17.3 Å². The van der Waals surface area contributed by atoms with Crippen LogP contribution in [0.25, 0.3) is 0 Å². The van der Waals surface area contributed by atoms with Gasteiger partial charge < -0.3 is 15.4 Å². The highest BCUT2D eigenvalue weighted by Gasteiger charge is 2.30. The molecule has 1 unspecified atom stereocenters. The normalized spacial score (nSPS) is 14.4. The molecule has 2 aromatic rings. The molecule has 2 amide bonds. The molecule has 1 saturated carbocycles. The van der Waals surface area contributed by atoms with Crippen LogP contribution in [-0.2, 0) is 9.59 Å². The van der Waals surface area contributed by atoms with Gasteiger partial charge in [-0.05, 0) is 56.0 Å². The van der Waals surface area contributed by atoms with Crippen LogP contribution >= 0.6 is 0 Å². The standard InChI is InChI=1S/C21H24N2O3/c1-3-19(26-16-8-5-4-6-9-16)21(25)23-18-11-7-10-17(14(18)2)22-20(24)15-12-13-15/h4-11,15,19H,3,12-13H2,1-2H3,(H,22,24)(H,23,25). The molecule has 5 heteroatoms. The molecule has 0 aliphatic heterocycles. The Morgan fingerprint density at radius 3 is 2.31 bits per heavy atom. The maximum atomic E-state index is 12.6. The molecule has 136 valence electrons. The fourth-order valence-corrected chi connectivity index (χ4v) is 2.69.